The Morgan fingerprint density at radius 2 is 1.16 bits per heavy atom. The summed E-state index contributed by atoms with van der Waals surface area (Å²) in [6.07, 6.45) is 6.01. The third-order valence-corrected chi connectivity index (χ3v) is 5.59. The van der Waals surface area contributed by atoms with Gasteiger partial charge in [0.2, 0.25) is 0 Å². The van der Waals surface area contributed by atoms with Crippen LogP contribution in [0.1, 0.15) is 38.5 Å². The molecule has 0 aliphatic carbocycles. The Hall–Kier alpha value is 1.12. The van der Waals surface area contributed by atoms with E-state index in [9.17, 15) is 19.8 Å². The molecule has 104 valence electrons. The van der Waals surface area contributed by atoms with E-state index in [0.717, 1.165) is 50.0 Å². The van der Waals surface area contributed by atoms with Gasteiger partial charge in [0.25, 0.3) is 0 Å². The van der Waals surface area contributed by atoms with Crippen molar-refractivity contribution in [2.75, 3.05) is 11.5 Å². The van der Waals surface area contributed by atoms with E-state index in [1.54, 1.807) is 0 Å². The first-order chi connectivity index (χ1) is 8.61. The minimum Gasteiger partial charge on any atom is -0.549 e. The molecule has 7 heteroatoms. The summed E-state index contributed by atoms with van der Waals surface area (Å²) in [6, 6.07) is 0. The van der Waals surface area contributed by atoms with Gasteiger partial charge in [0.05, 0.1) is 11.9 Å². The zero-order valence-corrected chi connectivity index (χ0v) is 16.1. The number of carboxylic acid groups (broad SMARTS) is 2. The summed E-state index contributed by atoms with van der Waals surface area (Å²) in [6.45, 7) is 0. The summed E-state index contributed by atoms with van der Waals surface area (Å²) in [5, 5.41) is 20.0. The van der Waals surface area contributed by atoms with Crippen LogP contribution in [0.25, 0.3) is 0 Å². The van der Waals surface area contributed by atoms with Crippen LogP contribution in [-0.2, 0) is 9.59 Å². The third-order valence-electron chi connectivity index (χ3n) is 2.89. The molecule has 2 saturated heterocycles. The van der Waals surface area contributed by atoms with Crippen molar-refractivity contribution in [1.82, 2.24) is 0 Å². The largest absolute Gasteiger partial charge is 2.00 e. The molecule has 2 heterocycles. The quantitative estimate of drug-likeness (QED) is 0.612. The van der Waals surface area contributed by atoms with Gasteiger partial charge >= 0.3 is 45.5 Å². The fourth-order valence-electron chi connectivity index (χ4n) is 1.85. The van der Waals surface area contributed by atoms with Crippen molar-refractivity contribution in [3.8, 4) is 0 Å². The van der Waals surface area contributed by atoms with Crippen LogP contribution in [0.2, 0.25) is 0 Å². The van der Waals surface area contributed by atoms with Crippen molar-refractivity contribution in [3.05, 3.63) is 0 Å². The Balaban J connectivity index is 0.000000324. The number of thioether (sulfide) groups is 2. The van der Waals surface area contributed by atoms with E-state index < -0.39 is 11.9 Å². The Labute approximate surface area is 159 Å². The number of carbonyl (C=O) groups excluding carboxylic acids is 2. The van der Waals surface area contributed by atoms with E-state index in [-0.39, 0.29) is 56.0 Å². The maximum Gasteiger partial charge on any atom is 2.00 e. The maximum atomic E-state index is 10.2. The van der Waals surface area contributed by atoms with Gasteiger partial charge in [0, 0.05) is 10.5 Å². The molecule has 0 radical (unpaired) electrons. The van der Waals surface area contributed by atoms with Crippen molar-refractivity contribution in [3.63, 3.8) is 0 Å². The first kappa shape index (κ1) is 20.1. The van der Waals surface area contributed by atoms with Gasteiger partial charge in [-0.3, -0.25) is 0 Å². The number of carbonyl (C=O) groups is 2. The molecule has 2 rings (SSSR count). The first-order valence-electron chi connectivity index (χ1n) is 6.26. The SMILES string of the molecule is O=C([O-])C1CCCCS1.O=C([O-])C1CCCCS1.[Sr+2]. The second-order valence-corrected chi connectivity index (χ2v) is 6.97. The summed E-state index contributed by atoms with van der Waals surface area (Å²) >= 11 is 3.02. The van der Waals surface area contributed by atoms with E-state index in [1.807, 2.05) is 0 Å². The molecule has 19 heavy (non-hydrogen) atoms. The molecule has 0 N–H and O–H groups in total. The number of hydrogen-bond acceptors (Lipinski definition) is 6. The van der Waals surface area contributed by atoms with Crippen molar-refractivity contribution < 1.29 is 19.8 Å². The van der Waals surface area contributed by atoms with Gasteiger partial charge in [0.15, 0.2) is 0 Å². The van der Waals surface area contributed by atoms with Crippen LogP contribution in [0.15, 0.2) is 0 Å². The van der Waals surface area contributed by atoms with Crippen LogP contribution in [0.3, 0.4) is 0 Å². The van der Waals surface area contributed by atoms with E-state index in [0.29, 0.717) is 0 Å². The van der Waals surface area contributed by atoms with E-state index in [1.165, 1.54) is 23.5 Å². The molecule has 2 fully saturated rings. The molecule has 2 aliphatic heterocycles. The second-order valence-electron chi connectivity index (χ2n) is 4.35. The molecular formula is C12H18O4S2Sr. The first-order valence-corrected chi connectivity index (χ1v) is 8.36. The molecule has 2 unspecified atom stereocenters. The Bertz CT molecular complexity index is 249. The fourth-order valence-corrected chi connectivity index (χ4v) is 4.10. The molecule has 2 aliphatic rings. The molecule has 0 saturated carbocycles. The Morgan fingerprint density at radius 1 is 0.789 bits per heavy atom. The van der Waals surface area contributed by atoms with Crippen molar-refractivity contribution in [2.24, 2.45) is 0 Å². The number of carboxylic acids is 2. The minimum absolute atomic E-state index is 0. The van der Waals surface area contributed by atoms with Gasteiger partial charge in [-0.25, -0.2) is 0 Å². The maximum absolute atomic E-state index is 10.2. The van der Waals surface area contributed by atoms with E-state index in [4.69, 9.17) is 0 Å². The molecule has 0 spiro atoms. The molecule has 0 bridgehead atoms. The zero-order valence-electron chi connectivity index (χ0n) is 11.0. The molecule has 0 aromatic carbocycles. The topological polar surface area (TPSA) is 80.3 Å². The summed E-state index contributed by atoms with van der Waals surface area (Å²) in [5.41, 5.74) is 0. The Kier molecular flexibility index (Phi) is 12.4. The van der Waals surface area contributed by atoms with Gasteiger partial charge in [-0.1, -0.05) is 12.8 Å². The van der Waals surface area contributed by atoms with Crippen LogP contribution in [0.5, 0.6) is 0 Å². The van der Waals surface area contributed by atoms with Crippen LogP contribution >= 0.6 is 23.5 Å². The smallest absolute Gasteiger partial charge is 0.549 e. The van der Waals surface area contributed by atoms with Crippen LogP contribution < -0.4 is 10.2 Å². The average Bonchev–Trinajstić information content (AvgIpc) is 2.41. The second kappa shape index (κ2) is 11.7. The van der Waals surface area contributed by atoms with E-state index >= 15 is 0 Å². The molecule has 4 nitrogen and oxygen atoms in total. The minimum atomic E-state index is -0.889. The van der Waals surface area contributed by atoms with Crippen LogP contribution in [-0.4, -0.2) is 79.4 Å². The number of hydrogen-bond donors (Lipinski definition) is 0. The van der Waals surface area contributed by atoms with Gasteiger partial charge in [-0.15, -0.1) is 0 Å². The van der Waals surface area contributed by atoms with Gasteiger partial charge in [-0.05, 0) is 37.2 Å². The monoisotopic (exact) mass is 378 g/mol. The molecule has 0 aromatic heterocycles. The van der Waals surface area contributed by atoms with Crippen molar-refractivity contribution in [2.45, 2.75) is 49.0 Å². The van der Waals surface area contributed by atoms with Gasteiger partial charge < -0.3 is 19.8 Å². The molecule has 0 aromatic rings. The molecule has 0 amide bonds. The van der Waals surface area contributed by atoms with Crippen molar-refractivity contribution >= 4 is 80.9 Å². The number of rotatable bonds is 2. The number of aliphatic carboxylic acids is 2. The molecular weight excluding hydrogens is 360 g/mol. The summed E-state index contributed by atoms with van der Waals surface area (Å²) in [4.78, 5) is 20.4. The summed E-state index contributed by atoms with van der Waals surface area (Å²) in [7, 11) is 0. The van der Waals surface area contributed by atoms with E-state index in [2.05, 4.69) is 0 Å². The zero-order chi connectivity index (χ0) is 13.4. The van der Waals surface area contributed by atoms with Gasteiger partial charge in [0.1, 0.15) is 0 Å². The summed E-state index contributed by atoms with van der Waals surface area (Å²) in [5.74, 6) is 0.191. The fraction of sp³-hybridized carbons (Fsp3) is 0.833. The van der Waals surface area contributed by atoms with Crippen molar-refractivity contribution in [1.29, 1.82) is 0 Å². The summed E-state index contributed by atoms with van der Waals surface area (Å²) < 4.78 is 0. The average molecular weight is 378 g/mol. The normalized spacial score (nSPS) is 26.3. The predicted molar refractivity (Wildman–Crippen MR) is 76.0 cm³/mol. The predicted octanol–water partition coefficient (Wildman–Crippen LogP) is -0.337. The van der Waals surface area contributed by atoms with Gasteiger partial charge in [-0.2, -0.15) is 23.5 Å². The standard InChI is InChI=1S/2C6H10O2S.Sr/c2*7-6(8)5-3-1-2-4-9-5;/h2*5H,1-4H2,(H,7,8);/q;;+2/p-2. The van der Waals surface area contributed by atoms with Crippen LogP contribution in [0.4, 0.5) is 0 Å². The van der Waals surface area contributed by atoms with Crippen LogP contribution in [0, 0.1) is 0 Å². The molecule has 2 atom stereocenters. The Morgan fingerprint density at radius 3 is 1.32 bits per heavy atom. The third kappa shape index (κ3) is 8.88.